The fourth-order valence-corrected chi connectivity index (χ4v) is 4.39. The third-order valence-corrected chi connectivity index (χ3v) is 5.86. The van der Waals surface area contributed by atoms with Gasteiger partial charge in [0.15, 0.2) is 0 Å². The molecule has 0 aliphatic carbocycles. The van der Waals surface area contributed by atoms with E-state index in [2.05, 4.69) is 54.9 Å². The summed E-state index contributed by atoms with van der Waals surface area (Å²) >= 11 is 0. The first-order valence-corrected chi connectivity index (χ1v) is 10.5. The predicted octanol–water partition coefficient (Wildman–Crippen LogP) is 3.02. The number of hydrogen-bond acceptors (Lipinski definition) is 6. The number of nitrogens with zero attached hydrogens (tertiary/aromatic N) is 5. The second kappa shape index (κ2) is 8.08. The Morgan fingerprint density at radius 3 is 2.78 bits per heavy atom. The molecule has 8 nitrogen and oxygen atoms in total. The molecule has 1 aliphatic rings. The van der Waals surface area contributed by atoms with Gasteiger partial charge in [0.25, 0.3) is 5.56 Å². The fraction of sp³-hybridized carbons (Fsp3) is 0.261. The van der Waals surface area contributed by atoms with E-state index in [0.29, 0.717) is 29.1 Å². The molecule has 2 aromatic heterocycles. The number of nitrogens with one attached hydrogen (secondary N) is 2. The molecule has 162 valence electrons. The second-order valence-corrected chi connectivity index (χ2v) is 7.77. The monoisotopic (exact) mass is 431 g/mol. The van der Waals surface area contributed by atoms with E-state index in [0.717, 1.165) is 17.7 Å². The molecule has 0 amide bonds. The molecule has 0 spiro atoms. The summed E-state index contributed by atoms with van der Waals surface area (Å²) in [5.41, 5.74) is 2.70. The normalized spacial score (nSPS) is 17.6. The van der Waals surface area contributed by atoms with Crippen molar-refractivity contribution in [3.63, 3.8) is 0 Å². The summed E-state index contributed by atoms with van der Waals surface area (Å²) in [6, 6.07) is 10.8. The number of halogens is 1. The summed E-state index contributed by atoms with van der Waals surface area (Å²) in [6.45, 7) is 3.38. The summed E-state index contributed by atoms with van der Waals surface area (Å²) in [7, 11) is 1.91. The van der Waals surface area contributed by atoms with Gasteiger partial charge in [0.2, 0.25) is 0 Å². The Morgan fingerprint density at radius 1 is 1.22 bits per heavy atom. The first-order chi connectivity index (χ1) is 15.6. The molecule has 0 bridgehead atoms. The standard InChI is InChI=1S/C23H22FN7O/c1-3-31-22(27-12-28-31)20-17(14-6-4-13(5-7-14)10-25-2)11-26-18-9-15(24)8-16-19(18)21(20)29-30-23(16)32/h4-9,11-12,17,20,25H,3,10H2,1-2H3,(H,30,32). The van der Waals surface area contributed by atoms with Crippen molar-refractivity contribution in [3.05, 3.63) is 81.5 Å². The van der Waals surface area contributed by atoms with Crippen molar-refractivity contribution in [1.82, 2.24) is 30.3 Å². The average molecular weight is 431 g/mol. The van der Waals surface area contributed by atoms with Crippen LogP contribution in [0.15, 0.2) is 52.5 Å². The van der Waals surface area contributed by atoms with E-state index in [1.54, 1.807) is 6.21 Å². The molecule has 3 heterocycles. The minimum atomic E-state index is -0.518. The van der Waals surface area contributed by atoms with E-state index >= 15 is 0 Å². The first-order valence-electron chi connectivity index (χ1n) is 10.5. The Morgan fingerprint density at radius 2 is 2.03 bits per heavy atom. The molecular formula is C23H22FN7O. The summed E-state index contributed by atoms with van der Waals surface area (Å²) < 4.78 is 16.1. The molecule has 2 aromatic carbocycles. The lowest BCUT2D eigenvalue weighted by Crippen LogP contribution is -2.22. The fourth-order valence-electron chi connectivity index (χ4n) is 4.39. The van der Waals surface area contributed by atoms with E-state index < -0.39 is 11.4 Å². The molecule has 0 fully saturated rings. The van der Waals surface area contributed by atoms with E-state index in [1.165, 1.54) is 18.5 Å². The lowest BCUT2D eigenvalue weighted by atomic mass is 9.82. The molecule has 2 atom stereocenters. The molecule has 0 saturated carbocycles. The zero-order valence-electron chi connectivity index (χ0n) is 17.7. The molecule has 0 radical (unpaired) electrons. The maximum absolute atomic E-state index is 14.3. The number of aromatic nitrogens is 5. The smallest absolute Gasteiger partial charge is 0.272 e. The summed E-state index contributed by atoms with van der Waals surface area (Å²) in [5, 5.41) is 15.2. The highest BCUT2D eigenvalue weighted by molar-refractivity contribution is 5.97. The number of aryl methyl sites for hydroxylation is 1. The van der Waals surface area contributed by atoms with Crippen molar-refractivity contribution in [3.8, 4) is 0 Å². The number of benzene rings is 2. The quantitative estimate of drug-likeness (QED) is 0.506. The maximum Gasteiger partial charge on any atom is 0.272 e. The molecule has 4 aromatic rings. The highest BCUT2D eigenvalue weighted by atomic mass is 19.1. The van der Waals surface area contributed by atoms with Crippen LogP contribution in [0.25, 0.3) is 10.8 Å². The summed E-state index contributed by atoms with van der Waals surface area (Å²) in [5.74, 6) is -0.427. The van der Waals surface area contributed by atoms with Crippen molar-refractivity contribution in [2.24, 2.45) is 4.99 Å². The van der Waals surface area contributed by atoms with E-state index in [-0.39, 0.29) is 17.2 Å². The van der Waals surface area contributed by atoms with Crippen LogP contribution >= 0.6 is 0 Å². The Bertz CT molecular complexity index is 1370. The third kappa shape index (κ3) is 3.31. The Labute approximate surface area is 183 Å². The Balaban J connectivity index is 1.78. The zero-order valence-corrected chi connectivity index (χ0v) is 17.7. The summed E-state index contributed by atoms with van der Waals surface area (Å²) in [4.78, 5) is 21.6. The number of aliphatic imine (C=N–C) groups is 1. The first kappa shape index (κ1) is 20.2. The van der Waals surface area contributed by atoms with Crippen LogP contribution in [0.1, 0.15) is 41.4 Å². The van der Waals surface area contributed by atoms with Crippen LogP contribution in [-0.4, -0.2) is 38.2 Å². The van der Waals surface area contributed by atoms with Crippen molar-refractivity contribution in [1.29, 1.82) is 0 Å². The van der Waals surface area contributed by atoms with Crippen LogP contribution in [0.2, 0.25) is 0 Å². The van der Waals surface area contributed by atoms with Crippen molar-refractivity contribution < 1.29 is 4.39 Å². The largest absolute Gasteiger partial charge is 0.316 e. The third-order valence-electron chi connectivity index (χ3n) is 5.86. The van der Waals surface area contributed by atoms with Crippen LogP contribution in [0.5, 0.6) is 0 Å². The van der Waals surface area contributed by atoms with Gasteiger partial charge in [0.1, 0.15) is 18.0 Å². The van der Waals surface area contributed by atoms with Gasteiger partial charge in [0.05, 0.1) is 22.7 Å². The number of hydrogen-bond donors (Lipinski definition) is 2. The van der Waals surface area contributed by atoms with Gasteiger partial charge in [-0.05, 0) is 31.2 Å². The van der Waals surface area contributed by atoms with Crippen LogP contribution in [0.4, 0.5) is 10.1 Å². The zero-order chi connectivity index (χ0) is 22.2. The van der Waals surface area contributed by atoms with Crippen LogP contribution in [-0.2, 0) is 13.1 Å². The molecule has 5 rings (SSSR count). The van der Waals surface area contributed by atoms with Gasteiger partial charge in [-0.1, -0.05) is 24.3 Å². The van der Waals surface area contributed by atoms with Gasteiger partial charge in [-0.15, -0.1) is 0 Å². The molecule has 0 saturated heterocycles. The van der Waals surface area contributed by atoms with E-state index in [4.69, 9.17) is 0 Å². The maximum atomic E-state index is 14.3. The van der Waals surface area contributed by atoms with Gasteiger partial charge < -0.3 is 5.32 Å². The molecular weight excluding hydrogens is 409 g/mol. The highest BCUT2D eigenvalue weighted by Gasteiger charge is 2.35. The van der Waals surface area contributed by atoms with Crippen molar-refractivity contribution in [2.75, 3.05) is 7.05 Å². The lowest BCUT2D eigenvalue weighted by molar-refractivity contribution is 0.566. The van der Waals surface area contributed by atoms with E-state index in [9.17, 15) is 9.18 Å². The summed E-state index contributed by atoms with van der Waals surface area (Å²) in [6.07, 6.45) is 3.31. The molecule has 32 heavy (non-hydrogen) atoms. The van der Waals surface area contributed by atoms with Crippen LogP contribution in [0.3, 0.4) is 0 Å². The SMILES string of the molecule is CCn1ncnc1C1c2n[nH]c(=O)c3cc(F)cc(c23)N=CC1c1ccc(CNC)cc1. The number of H-pyrrole nitrogens is 1. The molecule has 2 unspecified atom stereocenters. The van der Waals surface area contributed by atoms with Gasteiger partial charge in [-0.3, -0.25) is 9.79 Å². The predicted molar refractivity (Wildman–Crippen MR) is 120 cm³/mol. The van der Waals surface area contributed by atoms with Gasteiger partial charge in [0, 0.05) is 36.7 Å². The second-order valence-electron chi connectivity index (χ2n) is 7.77. The number of rotatable bonds is 5. The number of aromatic amines is 1. The van der Waals surface area contributed by atoms with Crippen molar-refractivity contribution in [2.45, 2.75) is 31.8 Å². The van der Waals surface area contributed by atoms with E-state index in [1.807, 2.05) is 18.7 Å². The van der Waals surface area contributed by atoms with Crippen molar-refractivity contribution >= 4 is 22.7 Å². The molecule has 2 N–H and O–H groups in total. The van der Waals surface area contributed by atoms with Gasteiger partial charge in [-0.25, -0.2) is 19.2 Å². The van der Waals surface area contributed by atoms with Crippen LogP contribution in [0, 0.1) is 5.82 Å². The Hall–Kier alpha value is -3.72. The minimum absolute atomic E-state index is 0.222. The minimum Gasteiger partial charge on any atom is -0.316 e. The molecule has 9 heteroatoms. The van der Waals surface area contributed by atoms with Crippen LogP contribution < -0.4 is 10.9 Å². The Kier molecular flexibility index (Phi) is 5.10. The average Bonchev–Trinajstić information content (AvgIpc) is 3.20. The molecule has 1 aliphatic heterocycles. The lowest BCUT2D eigenvalue weighted by Gasteiger charge is -2.23. The topological polar surface area (TPSA) is 101 Å². The van der Waals surface area contributed by atoms with Gasteiger partial charge in [-0.2, -0.15) is 10.2 Å². The van der Waals surface area contributed by atoms with Gasteiger partial charge >= 0.3 is 0 Å². The highest BCUT2D eigenvalue weighted by Crippen LogP contribution is 2.43.